The fourth-order valence-electron chi connectivity index (χ4n) is 1.49. The third-order valence-corrected chi connectivity index (χ3v) is 3.56. The first-order chi connectivity index (χ1) is 6.65. The van der Waals surface area contributed by atoms with Crippen LogP contribution in [0.4, 0.5) is 0 Å². The van der Waals surface area contributed by atoms with Crippen molar-refractivity contribution in [3.05, 3.63) is 0 Å². The minimum atomic E-state index is -0.230. The number of nitrogens with one attached hydrogen (secondary N) is 1. The fourth-order valence-corrected chi connectivity index (χ4v) is 1.65. The first-order valence-corrected chi connectivity index (χ1v) is 6.10. The van der Waals surface area contributed by atoms with Gasteiger partial charge in [0.05, 0.1) is 0 Å². The molecule has 3 nitrogen and oxygen atoms in total. The lowest BCUT2D eigenvalue weighted by Gasteiger charge is -2.15. The van der Waals surface area contributed by atoms with Gasteiger partial charge in [-0.2, -0.15) is 0 Å². The Morgan fingerprint density at radius 3 is 2.93 bits per heavy atom. The molecule has 0 aromatic heterocycles. The van der Waals surface area contributed by atoms with E-state index in [4.69, 9.17) is 4.74 Å². The van der Waals surface area contributed by atoms with Crippen molar-refractivity contribution in [2.75, 3.05) is 13.2 Å². The first-order valence-electron chi connectivity index (χ1n) is 5.18. The molecular formula is C10H18BrNO2. The average molecular weight is 264 g/mol. The van der Waals surface area contributed by atoms with E-state index in [1.165, 1.54) is 0 Å². The predicted molar refractivity (Wildman–Crippen MR) is 59.5 cm³/mol. The minimum absolute atomic E-state index is 0.0351. The van der Waals surface area contributed by atoms with Crippen LogP contribution in [0.15, 0.2) is 0 Å². The van der Waals surface area contributed by atoms with E-state index in [-0.39, 0.29) is 12.0 Å². The Morgan fingerprint density at radius 2 is 2.43 bits per heavy atom. The molecule has 4 heteroatoms. The Hall–Kier alpha value is -0.0900. The van der Waals surface area contributed by atoms with Crippen LogP contribution in [0.2, 0.25) is 0 Å². The molecule has 1 saturated heterocycles. The smallest absolute Gasteiger partial charge is 0.249 e. The molecule has 82 valence electrons. The quantitative estimate of drug-likeness (QED) is 0.785. The minimum Gasteiger partial charge on any atom is -0.368 e. The summed E-state index contributed by atoms with van der Waals surface area (Å²) < 4.78 is 5.37. The van der Waals surface area contributed by atoms with Crippen molar-refractivity contribution < 1.29 is 9.53 Å². The van der Waals surface area contributed by atoms with E-state index in [2.05, 4.69) is 35.1 Å². The van der Waals surface area contributed by atoms with Crippen LogP contribution < -0.4 is 5.32 Å². The maximum absolute atomic E-state index is 11.6. The summed E-state index contributed by atoms with van der Waals surface area (Å²) in [5.74, 6) is 0.387. The second kappa shape index (κ2) is 5.71. The van der Waals surface area contributed by atoms with Gasteiger partial charge in [-0.05, 0) is 18.8 Å². The summed E-state index contributed by atoms with van der Waals surface area (Å²) in [6.45, 7) is 5.54. The Bertz CT molecular complexity index is 199. The molecule has 3 atom stereocenters. The first kappa shape index (κ1) is 12.0. The lowest BCUT2D eigenvalue weighted by molar-refractivity contribution is -0.131. The molecule has 0 saturated carbocycles. The SMILES string of the molecule is CCC(Br)CNC(=O)C1OCCC1C. The number of alkyl halides is 1. The monoisotopic (exact) mass is 263 g/mol. The van der Waals surface area contributed by atoms with Crippen LogP contribution in [0, 0.1) is 5.92 Å². The molecule has 14 heavy (non-hydrogen) atoms. The number of hydrogen-bond donors (Lipinski definition) is 1. The Balaban J connectivity index is 2.27. The predicted octanol–water partition coefficient (Wildman–Crippen LogP) is 1.70. The summed E-state index contributed by atoms with van der Waals surface area (Å²) in [6.07, 6.45) is 1.77. The molecule has 0 radical (unpaired) electrons. The summed E-state index contributed by atoms with van der Waals surface area (Å²) in [4.78, 5) is 12.0. The van der Waals surface area contributed by atoms with Gasteiger partial charge in [-0.15, -0.1) is 0 Å². The van der Waals surface area contributed by atoms with E-state index >= 15 is 0 Å². The molecule has 1 aliphatic heterocycles. The van der Waals surface area contributed by atoms with Crippen LogP contribution in [0.25, 0.3) is 0 Å². The summed E-state index contributed by atoms with van der Waals surface area (Å²) in [5, 5.41) is 2.89. The van der Waals surface area contributed by atoms with Crippen molar-refractivity contribution >= 4 is 21.8 Å². The van der Waals surface area contributed by atoms with Crippen LogP contribution in [-0.4, -0.2) is 30.0 Å². The number of carbonyl (C=O) groups excluding carboxylic acids is 1. The number of amides is 1. The van der Waals surface area contributed by atoms with Gasteiger partial charge < -0.3 is 10.1 Å². The van der Waals surface area contributed by atoms with Gasteiger partial charge in [-0.1, -0.05) is 29.8 Å². The average Bonchev–Trinajstić information content (AvgIpc) is 2.60. The Morgan fingerprint density at radius 1 is 1.71 bits per heavy atom. The van der Waals surface area contributed by atoms with Gasteiger partial charge in [-0.3, -0.25) is 4.79 Å². The normalized spacial score (nSPS) is 28.8. The van der Waals surface area contributed by atoms with Gasteiger partial charge in [-0.25, -0.2) is 0 Å². The molecule has 1 N–H and O–H groups in total. The summed E-state index contributed by atoms with van der Waals surface area (Å²) in [5.41, 5.74) is 0. The summed E-state index contributed by atoms with van der Waals surface area (Å²) in [7, 11) is 0. The number of carbonyl (C=O) groups is 1. The molecule has 0 aliphatic carbocycles. The number of ether oxygens (including phenoxy) is 1. The number of hydrogen-bond acceptors (Lipinski definition) is 2. The highest BCUT2D eigenvalue weighted by molar-refractivity contribution is 9.09. The largest absolute Gasteiger partial charge is 0.368 e. The summed E-state index contributed by atoms with van der Waals surface area (Å²) in [6, 6.07) is 0. The van der Waals surface area contributed by atoms with E-state index < -0.39 is 0 Å². The second-order valence-corrected chi connectivity index (χ2v) is 5.10. The van der Waals surface area contributed by atoms with Crippen molar-refractivity contribution in [3.8, 4) is 0 Å². The van der Waals surface area contributed by atoms with Crippen LogP contribution in [-0.2, 0) is 9.53 Å². The van der Waals surface area contributed by atoms with E-state index in [9.17, 15) is 4.79 Å². The molecule has 0 aromatic carbocycles. The lowest BCUT2D eigenvalue weighted by atomic mass is 10.0. The van der Waals surface area contributed by atoms with Gasteiger partial charge in [0, 0.05) is 18.0 Å². The second-order valence-electron chi connectivity index (χ2n) is 3.81. The van der Waals surface area contributed by atoms with Crippen LogP contribution in [0.5, 0.6) is 0 Å². The Kier molecular flexibility index (Phi) is 4.89. The van der Waals surface area contributed by atoms with Gasteiger partial charge >= 0.3 is 0 Å². The third-order valence-electron chi connectivity index (χ3n) is 2.59. The zero-order valence-corrected chi connectivity index (χ0v) is 10.3. The van der Waals surface area contributed by atoms with Crippen LogP contribution >= 0.6 is 15.9 Å². The van der Waals surface area contributed by atoms with Crippen LogP contribution in [0.1, 0.15) is 26.7 Å². The zero-order valence-electron chi connectivity index (χ0n) is 8.75. The number of rotatable bonds is 4. The van der Waals surface area contributed by atoms with E-state index in [0.717, 1.165) is 12.8 Å². The summed E-state index contributed by atoms with van der Waals surface area (Å²) >= 11 is 3.47. The molecule has 1 amide bonds. The maximum atomic E-state index is 11.6. The maximum Gasteiger partial charge on any atom is 0.249 e. The molecule has 3 unspecified atom stereocenters. The molecule has 1 rings (SSSR count). The molecular weight excluding hydrogens is 246 g/mol. The standard InChI is InChI=1S/C10H18BrNO2/c1-3-8(11)6-12-10(13)9-7(2)4-5-14-9/h7-9H,3-6H2,1-2H3,(H,12,13). The zero-order chi connectivity index (χ0) is 10.6. The fraction of sp³-hybridized carbons (Fsp3) is 0.900. The lowest BCUT2D eigenvalue weighted by Crippen LogP contribution is -2.39. The molecule has 0 spiro atoms. The highest BCUT2D eigenvalue weighted by atomic mass is 79.9. The van der Waals surface area contributed by atoms with Crippen molar-refractivity contribution in [1.82, 2.24) is 5.32 Å². The van der Waals surface area contributed by atoms with E-state index in [0.29, 0.717) is 23.9 Å². The third kappa shape index (κ3) is 3.24. The van der Waals surface area contributed by atoms with E-state index in [1.54, 1.807) is 0 Å². The highest BCUT2D eigenvalue weighted by Crippen LogP contribution is 2.19. The van der Waals surface area contributed by atoms with Crippen molar-refractivity contribution in [3.63, 3.8) is 0 Å². The molecule has 1 aliphatic rings. The van der Waals surface area contributed by atoms with Gasteiger partial charge in [0.1, 0.15) is 6.10 Å². The molecule has 0 bridgehead atoms. The van der Waals surface area contributed by atoms with Gasteiger partial charge in [0.15, 0.2) is 0 Å². The number of halogens is 1. The van der Waals surface area contributed by atoms with Gasteiger partial charge in [0.2, 0.25) is 5.91 Å². The van der Waals surface area contributed by atoms with E-state index in [1.807, 2.05) is 0 Å². The molecule has 0 aromatic rings. The van der Waals surface area contributed by atoms with Gasteiger partial charge in [0.25, 0.3) is 0 Å². The molecule has 1 heterocycles. The van der Waals surface area contributed by atoms with Crippen molar-refractivity contribution in [2.24, 2.45) is 5.92 Å². The topological polar surface area (TPSA) is 38.3 Å². The van der Waals surface area contributed by atoms with Crippen molar-refractivity contribution in [1.29, 1.82) is 0 Å². The van der Waals surface area contributed by atoms with Crippen molar-refractivity contribution in [2.45, 2.75) is 37.6 Å². The molecule has 1 fully saturated rings. The van der Waals surface area contributed by atoms with Crippen LogP contribution in [0.3, 0.4) is 0 Å². The Labute approximate surface area is 93.7 Å². The highest BCUT2D eigenvalue weighted by Gasteiger charge is 2.30.